The number of carbonyl (C=O) groups excluding carboxylic acids is 2. The lowest BCUT2D eigenvalue weighted by Crippen LogP contribution is -2.38. The molecule has 1 atom stereocenters. The number of carbonyl (C=O) groups is 2. The smallest absolute Gasteiger partial charge is 0.260 e. The Labute approximate surface area is 166 Å². The molecule has 2 amide bonds. The first-order chi connectivity index (χ1) is 13.6. The van der Waals surface area contributed by atoms with E-state index in [-0.39, 0.29) is 11.8 Å². The van der Waals surface area contributed by atoms with Crippen molar-refractivity contribution in [2.24, 2.45) is 0 Å². The van der Waals surface area contributed by atoms with Crippen molar-refractivity contribution < 1.29 is 14.3 Å². The van der Waals surface area contributed by atoms with Crippen LogP contribution < -0.4 is 10.1 Å². The Morgan fingerprint density at radius 3 is 2.43 bits per heavy atom. The first kappa shape index (κ1) is 19.9. The molecule has 0 saturated carbocycles. The van der Waals surface area contributed by atoms with Crippen molar-refractivity contribution in [3.63, 3.8) is 0 Å². The SMILES string of the molecule is CC(Oc1ccccc1C(=O)N1CCCCC1)C(=O)NCCc1ccccc1. The Kier molecular flexibility index (Phi) is 7.06. The predicted molar refractivity (Wildman–Crippen MR) is 109 cm³/mol. The van der Waals surface area contributed by atoms with Crippen molar-refractivity contribution in [3.05, 3.63) is 65.7 Å². The number of ether oxygens (including phenoxy) is 1. The lowest BCUT2D eigenvalue weighted by atomic mass is 10.1. The lowest BCUT2D eigenvalue weighted by Gasteiger charge is -2.27. The highest BCUT2D eigenvalue weighted by molar-refractivity contribution is 5.97. The zero-order valence-corrected chi connectivity index (χ0v) is 16.4. The second-order valence-corrected chi connectivity index (χ2v) is 7.14. The molecule has 1 N–H and O–H groups in total. The molecule has 3 rings (SSSR count). The van der Waals surface area contributed by atoms with Gasteiger partial charge < -0.3 is 15.0 Å². The Morgan fingerprint density at radius 2 is 1.68 bits per heavy atom. The van der Waals surface area contributed by atoms with Crippen LogP contribution in [0.3, 0.4) is 0 Å². The average molecular weight is 380 g/mol. The third-order valence-corrected chi connectivity index (χ3v) is 4.99. The van der Waals surface area contributed by atoms with Gasteiger partial charge in [0.2, 0.25) is 0 Å². The van der Waals surface area contributed by atoms with E-state index < -0.39 is 6.10 Å². The summed E-state index contributed by atoms with van der Waals surface area (Å²) in [6.45, 7) is 3.82. The third kappa shape index (κ3) is 5.35. The Morgan fingerprint density at radius 1 is 1.00 bits per heavy atom. The summed E-state index contributed by atoms with van der Waals surface area (Å²) in [5.74, 6) is 0.256. The van der Waals surface area contributed by atoms with Crippen LogP contribution in [0.25, 0.3) is 0 Å². The van der Waals surface area contributed by atoms with Crippen LogP contribution in [0.5, 0.6) is 5.75 Å². The van der Waals surface area contributed by atoms with Gasteiger partial charge in [0.1, 0.15) is 5.75 Å². The van der Waals surface area contributed by atoms with Crippen molar-refractivity contribution in [3.8, 4) is 5.75 Å². The number of nitrogens with one attached hydrogen (secondary N) is 1. The first-order valence-corrected chi connectivity index (χ1v) is 10.0. The van der Waals surface area contributed by atoms with Gasteiger partial charge in [-0.2, -0.15) is 0 Å². The molecular formula is C23H28N2O3. The molecule has 0 spiro atoms. The van der Waals surface area contributed by atoms with Gasteiger partial charge in [0.05, 0.1) is 5.56 Å². The van der Waals surface area contributed by atoms with Gasteiger partial charge in [0.25, 0.3) is 11.8 Å². The van der Waals surface area contributed by atoms with Gasteiger partial charge in [-0.3, -0.25) is 9.59 Å². The van der Waals surface area contributed by atoms with Crippen molar-refractivity contribution >= 4 is 11.8 Å². The van der Waals surface area contributed by atoms with Crippen LogP contribution in [-0.4, -0.2) is 42.5 Å². The molecule has 5 nitrogen and oxygen atoms in total. The summed E-state index contributed by atoms with van der Waals surface area (Å²) in [6.07, 6.45) is 3.33. The fourth-order valence-corrected chi connectivity index (χ4v) is 3.38. The maximum atomic E-state index is 12.8. The zero-order valence-electron chi connectivity index (χ0n) is 16.4. The molecule has 148 valence electrons. The summed E-state index contributed by atoms with van der Waals surface area (Å²) < 4.78 is 5.86. The molecule has 1 saturated heterocycles. The monoisotopic (exact) mass is 380 g/mol. The molecule has 28 heavy (non-hydrogen) atoms. The van der Waals surface area contributed by atoms with Crippen molar-refractivity contribution in [2.75, 3.05) is 19.6 Å². The topological polar surface area (TPSA) is 58.6 Å². The van der Waals surface area contributed by atoms with E-state index in [0.717, 1.165) is 32.4 Å². The summed E-state index contributed by atoms with van der Waals surface area (Å²) in [5, 5.41) is 2.90. The molecule has 0 bridgehead atoms. The van der Waals surface area contributed by atoms with E-state index in [4.69, 9.17) is 4.74 Å². The van der Waals surface area contributed by atoms with Crippen LogP contribution in [0.2, 0.25) is 0 Å². The second kappa shape index (κ2) is 9.93. The number of nitrogens with zero attached hydrogens (tertiary/aromatic N) is 1. The predicted octanol–water partition coefficient (Wildman–Crippen LogP) is 3.44. The molecule has 1 unspecified atom stereocenters. The van der Waals surface area contributed by atoms with E-state index in [1.165, 1.54) is 12.0 Å². The molecule has 1 aliphatic heterocycles. The molecule has 2 aromatic carbocycles. The lowest BCUT2D eigenvalue weighted by molar-refractivity contribution is -0.127. The van der Waals surface area contributed by atoms with Crippen LogP contribution >= 0.6 is 0 Å². The van der Waals surface area contributed by atoms with E-state index in [2.05, 4.69) is 5.32 Å². The molecule has 5 heteroatoms. The van der Waals surface area contributed by atoms with Gasteiger partial charge in [-0.1, -0.05) is 42.5 Å². The number of piperidine rings is 1. The minimum Gasteiger partial charge on any atom is -0.480 e. The minimum absolute atomic E-state index is 0.0213. The quantitative estimate of drug-likeness (QED) is 0.800. The number of amides is 2. The van der Waals surface area contributed by atoms with E-state index in [0.29, 0.717) is 17.9 Å². The van der Waals surface area contributed by atoms with Crippen molar-refractivity contribution in [1.82, 2.24) is 10.2 Å². The van der Waals surface area contributed by atoms with Gasteiger partial charge in [-0.25, -0.2) is 0 Å². The highest BCUT2D eigenvalue weighted by Gasteiger charge is 2.23. The van der Waals surface area contributed by atoms with Crippen LogP contribution in [-0.2, 0) is 11.2 Å². The van der Waals surface area contributed by atoms with Crippen LogP contribution in [0.1, 0.15) is 42.1 Å². The molecule has 2 aromatic rings. The van der Waals surface area contributed by atoms with Crippen molar-refractivity contribution in [1.29, 1.82) is 0 Å². The van der Waals surface area contributed by atoms with Gasteiger partial charge in [0, 0.05) is 19.6 Å². The van der Waals surface area contributed by atoms with Gasteiger partial charge >= 0.3 is 0 Å². The van der Waals surface area contributed by atoms with Gasteiger partial charge in [-0.05, 0) is 50.3 Å². The molecule has 1 fully saturated rings. The van der Waals surface area contributed by atoms with Crippen LogP contribution in [0, 0.1) is 0 Å². The highest BCUT2D eigenvalue weighted by atomic mass is 16.5. The Bertz CT molecular complexity index is 785. The zero-order chi connectivity index (χ0) is 19.8. The largest absolute Gasteiger partial charge is 0.480 e. The van der Waals surface area contributed by atoms with E-state index >= 15 is 0 Å². The fourth-order valence-electron chi connectivity index (χ4n) is 3.38. The summed E-state index contributed by atoms with van der Waals surface area (Å²) in [5.41, 5.74) is 1.70. The standard InChI is InChI=1S/C23H28N2O3/c1-18(22(26)24-15-14-19-10-4-2-5-11-19)28-21-13-7-6-12-20(21)23(27)25-16-8-3-9-17-25/h2,4-7,10-13,18H,3,8-9,14-17H2,1H3,(H,24,26). The van der Waals surface area contributed by atoms with Crippen molar-refractivity contribution in [2.45, 2.75) is 38.7 Å². The molecular weight excluding hydrogens is 352 g/mol. The Balaban J connectivity index is 1.56. The van der Waals surface area contributed by atoms with Crippen LogP contribution in [0.4, 0.5) is 0 Å². The molecule has 1 aliphatic rings. The van der Waals surface area contributed by atoms with E-state index in [1.807, 2.05) is 47.4 Å². The summed E-state index contributed by atoms with van der Waals surface area (Å²) >= 11 is 0. The first-order valence-electron chi connectivity index (χ1n) is 10.0. The summed E-state index contributed by atoms with van der Waals surface area (Å²) in [6, 6.07) is 17.2. The minimum atomic E-state index is -0.675. The number of hydrogen-bond donors (Lipinski definition) is 1. The molecule has 0 aliphatic carbocycles. The number of rotatable bonds is 7. The van der Waals surface area contributed by atoms with Gasteiger partial charge in [0.15, 0.2) is 6.10 Å². The maximum absolute atomic E-state index is 12.8. The molecule has 0 radical (unpaired) electrons. The second-order valence-electron chi connectivity index (χ2n) is 7.14. The van der Waals surface area contributed by atoms with E-state index in [9.17, 15) is 9.59 Å². The average Bonchev–Trinajstić information content (AvgIpc) is 2.75. The number of likely N-dealkylation sites (tertiary alicyclic amines) is 1. The molecule has 0 aromatic heterocycles. The van der Waals surface area contributed by atoms with E-state index in [1.54, 1.807) is 19.1 Å². The number of benzene rings is 2. The fraction of sp³-hybridized carbons (Fsp3) is 0.391. The number of hydrogen-bond acceptors (Lipinski definition) is 3. The number of para-hydroxylation sites is 1. The maximum Gasteiger partial charge on any atom is 0.260 e. The third-order valence-electron chi connectivity index (χ3n) is 4.99. The summed E-state index contributed by atoms with van der Waals surface area (Å²) in [7, 11) is 0. The Hall–Kier alpha value is -2.82. The highest BCUT2D eigenvalue weighted by Crippen LogP contribution is 2.23. The molecule has 1 heterocycles. The normalized spacial score (nSPS) is 15.0. The van der Waals surface area contributed by atoms with Gasteiger partial charge in [-0.15, -0.1) is 0 Å². The van der Waals surface area contributed by atoms with Crippen LogP contribution in [0.15, 0.2) is 54.6 Å². The summed E-state index contributed by atoms with van der Waals surface area (Å²) in [4.78, 5) is 27.1.